The Balaban J connectivity index is 1.64. The molecule has 6 nitrogen and oxygen atoms in total. The van der Waals surface area contributed by atoms with Gasteiger partial charge in [0.05, 0.1) is 5.75 Å². The first kappa shape index (κ1) is 22.6. The van der Waals surface area contributed by atoms with E-state index in [-0.39, 0.29) is 11.7 Å². The molecule has 1 N–H and O–H groups in total. The highest BCUT2D eigenvalue weighted by atomic mass is 32.2. The van der Waals surface area contributed by atoms with Gasteiger partial charge in [0.1, 0.15) is 12.4 Å². The number of rotatable bonds is 9. The molecular weight excluding hydrogens is 408 g/mol. The molecule has 0 aliphatic carbocycles. The van der Waals surface area contributed by atoms with Gasteiger partial charge in [0.25, 0.3) is 0 Å². The van der Waals surface area contributed by atoms with Crippen molar-refractivity contribution in [3.63, 3.8) is 0 Å². The van der Waals surface area contributed by atoms with Crippen LogP contribution < -0.4 is 10.1 Å². The van der Waals surface area contributed by atoms with Crippen molar-refractivity contribution in [2.24, 2.45) is 0 Å². The number of allylic oxidation sites excluding steroid dienone is 1. The Morgan fingerprint density at radius 2 is 1.84 bits per heavy atom. The molecule has 0 unspecified atom stereocenters. The van der Waals surface area contributed by atoms with E-state index in [0.717, 1.165) is 33.7 Å². The summed E-state index contributed by atoms with van der Waals surface area (Å²) in [6.45, 7) is 12.7. The summed E-state index contributed by atoms with van der Waals surface area (Å²) in [5.74, 6) is 1.64. The van der Waals surface area contributed by atoms with Crippen LogP contribution in [0.25, 0.3) is 0 Å². The second kappa shape index (κ2) is 10.3. The molecule has 0 aliphatic rings. The minimum atomic E-state index is -0.0834. The monoisotopic (exact) mass is 436 g/mol. The van der Waals surface area contributed by atoms with Crippen LogP contribution in [0.3, 0.4) is 0 Å². The first-order chi connectivity index (χ1) is 14.9. The van der Waals surface area contributed by atoms with Gasteiger partial charge in [-0.1, -0.05) is 36.0 Å². The second-order valence-electron chi connectivity index (χ2n) is 7.57. The van der Waals surface area contributed by atoms with Gasteiger partial charge in [0, 0.05) is 12.2 Å². The number of amides is 1. The Bertz CT molecular complexity index is 1070. The van der Waals surface area contributed by atoms with Gasteiger partial charge in [-0.15, -0.1) is 16.8 Å². The summed E-state index contributed by atoms with van der Waals surface area (Å²) in [7, 11) is 0. The van der Waals surface area contributed by atoms with E-state index >= 15 is 0 Å². The second-order valence-corrected chi connectivity index (χ2v) is 8.51. The van der Waals surface area contributed by atoms with E-state index in [1.54, 1.807) is 6.08 Å². The molecule has 0 atom stereocenters. The van der Waals surface area contributed by atoms with E-state index in [1.165, 1.54) is 11.8 Å². The third-order valence-corrected chi connectivity index (χ3v) is 5.63. The molecule has 0 saturated carbocycles. The van der Waals surface area contributed by atoms with Gasteiger partial charge in [0.15, 0.2) is 11.0 Å². The summed E-state index contributed by atoms with van der Waals surface area (Å²) < 4.78 is 7.86. The summed E-state index contributed by atoms with van der Waals surface area (Å²) in [6.07, 6.45) is 1.78. The maximum atomic E-state index is 12.5. The van der Waals surface area contributed by atoms with Crippen molar-refractivity contribution in [3.05, 3.63) is 77.1 Å². The SMILES string of the molecule is C=CCn1c(COc2cc(C)cc(C)c2)nnc1SCC(=O)Nc1cc(C)ccc1C. The van der Waals surface area contributed by atoms with Crippen molar-refractivity contribution >= 4 is 23.4 Å². The summed E-state index contributed by atoms with van der Waals surface area (Å²) in [4.78, 5) is 12.5. The summed E-state index contributed by atoms with van der Waals surface area (Å²) in [5, 5.41) is 12.2. The number of benzene rings is 2. The Morgan fingerprint density at radius 1 is 1.10 bits per heavy atom. The number of nitrogens with zero attached hydrogens (tertiary/aromatic N) is 3. The van der Waals surface area contributed by atoms with Crippen molar-refractivity contribution in [1.29, 1.82) is 0 Å². The molecule has 0 aliphatic heterocycles. The number of carbonyl (C=O) groups is 1. The highest BCUT2D eigenvalue weighted by Crippen LogP contribution is 2.22. The van der Waals surface area contributed by atoms with Gasteiger partial charge >= 0.3 is 0 Å². The Labute approximate surface area is 187 Å². The molecular formula is C24H28N4O2S. The molecule has 3 aromatic rings. The zero-order valence-electron chi connectivity index (χ0n) is 18.4. The minimum absolute atomic E-state index is 0.0834. The van der Waals surface area contributed by atoms with Crippen LogP contribution in [0.5, 0.6) is 5.75 Å². The number of aromatic nitrogens is 3. The number of thioether (sulfide) groups is 1. The molecule has 2 aromatic carbocycles. The van der Waals surface area contributed by atoms with Gasteiger partial charge in [-0.05, 0) is 68.1 Å². The third kappa shape index (κ3) is 6.21. The Morgan fingerprint density at radius 3 is 2.55 bits per heavy atom. The van der Waals surface area contributed by atoms with Crippen LogP contribution in [0.2, 0.25) is 0 Å². The zero-order chi connectivity index (χ0) is 22.4. The fourth-order valence-electron chi connectivity index (χ4n) is 3.20. The molecule has 1 amide bonds. The first-order valence-electron chi connectivity index (χ1n) is 10.1. The normalized spacial score (nSPS) is 10.7. The van der Waals surface area contributed by atoms with Crippen LogP contribution in [-0.2, 0) is 17.9 Å². The van der Waals surface area contributed by atoms with Crippen molar-refractivity contribution in [1.82, 2.24) is 14.8 Å². The van der Waals surface area contributed by atoms with Crippen LogP contribution in [-0.4, -0.2) is 26.4 Å². The van der Waals surface area contributed by atoms with Gasteiger partial charge in [-0.2, -0.15) is 0 Å². The van der Waals surface area contributed by atoms with Crippen LogP contribution >= 0.6 is 11.8 Å². The lowest BCUT2D eigenvalue weighted by Crippen LogP contribution is -2.15. The van der Waals surface area contributed by atoms with Crippen LogP contribution in [0.15, 0.2) is 54.2 Å². The molecule has 0 radical (unpaired) electrons. The molecule has 0 fully saturated rings. The maximum Gasteiger partial charge on any atom is 0.234 e. The van der Waals surface area contributed by atoms with Gasteiger partial charge < -0.3 is 10.1 Å². The van der Waals surface area contributed by atoms with E-state index in [9.17, 15) is 4.79 Å². The lowest BCUT2D eigenvalue weighted by atomic mass is 10.1. The number of nitrogens with one attached hydrogen (secondary N) is 1. The molecule has 3 rings (SSSR count). The minimum Gasteiger partial charge on any atom is -0.486 e. The highest BCUT2D eigenvalue weighted by Gasteiger charge is 2.15. The molecule has 0 saturated heterocycles. The predicted molar refractivity (Wildman–Crippen MR) is 126 cm³/mol. The smallest absolute Gasteiger partial charge is 0.234 e. The molecule has 0 spiro atoms. The van der Waals surface area contributed by atoms with Gasteiger partial charge in [0.2, 0.25) is 5.91 Å². The first-order valence-corrected chi connectivity index (χ1v) is 11.1. The van der Waals surface area contributed by atoms with Crippen molar-refractivity contribution in [3.8, 4) is 5.75 Å². The number of hydrogen-bond donors (Lipinski definition) is 1. The van der Waals surface area contributed by atoms with Crippen molar-refractivity contribution < 1.29 is 9.53 Å². The summed E-state index contributed by atoms with van der Waals surface area (Å²) >= 11 is 1.35. The average molecular weight is 437 g/mol. The number of ether oxygens (including phenoxy) is 1. The molecule has 7 heteroatoms. The number of carbonyl (C=O) groups excluding carboxylic acids is 1. The lowest BCUT2D eigenvalue weighted by Gasteiger charge is -2.11. The van der Waals surface area contributed by atoms with Crippen molar-refractivity contribution in [2.75, 3.05) is 11.1 Å². The van der Waals surface area contributed by atoms with Crippen LogP contribution in [0.1, 0.15) is 28.1 Å². The molecule has 0 bridgehead atoms. The Kier molecular flexibility index (Phi) is 7.52. The topological polar surface area (TPSA) is 69.0 Å². The molecule has 31 heavy (non-hydrogen) atoms. The van der Waals surface area contributed by atoms with E-state index < -0.39 is 0 Å². The predicted octanol–water partition coefficient (Wildman–Crippen LogP) is 5.01. The molecule has 1 aromatic heterocycles. The quantitative estimate of drug-likeness (QED) is 0.377. The van der Waals surface area contributed by atoms with Crippen molar-refractivity contribution in [2.45, 2.75) is 46.0 Å². The summed E-state index contributed by atoms with van der Waals surface area (Å²) in [6, 6.07) is 12.1. The fraction of sp³-hybridized carbons (Fsp3) is 0.292. The average Bonchev–Trinajstić information content (AvgIpc) is 3.09. The van der Waals surface area contributed by atoms with E-state index in [4.69, 9.17) is 4.74 Å². The van der Waals surface area contributed by atoms with Crippen LogP contribution in [0.4, 0.5) is 5.69 Å². The molecule has 162 valence electrons. The molecule has 1 heterocycles. The summed E-state index contributed by atoms with van der Waals surface area (Å²) in [5.41, 5.74) is 5.26. The number of anilines is 1. The standard InChI is InChI=1S/C24H28N4O2S/c1-6-9-28-22(14-30-20-11-17(3)10-18(4)12-20)26-27-24(28)31-15-23(29)25-21-13-16(2)7-8-19(21)5/h6-8,10-13H,1,9,14-15H2,2-5H3,(H,25,29). The highest BCUT2D eigenvalue weighted by molar-refractivity contribution is 7.99. The van der Waals surface area contributed by atoms with E-state index in [2.05, 4.69) is 28.2 Å². The van der Waals surface area contributed by atoms with Gasteiger partial charge in [-0.25, -0.2) is 0 Å². The Hall–Kier alpha value is -3.06. The fourth-order valence-corrected chi connectivity index (χ4v) is 3.96. The van der Waals surface area contributed by atoms with Crippen LogP contribution in [0, 0.1) is 27.7 Å². The zero-order valence-corrected chi connectivity index (χ0v) is 19.3. The number of hydrogen-bond acceptors (Lipinski definition) is 5. The maximum absolute atomic E-state index is 12.5. The van der Waals surface area contributed by atoms with E-state index in [0.29, 0.717) is 24.1 Å². The van der Waals surface area contributed by atoms with Gasteiger partial charge in [-0.3, -0.25) is 9.36 Å². The largest absolute Gasteiger partial charge is 0.486 e. The van der Waals surface area contributed by atoms with E-state index in [1.807, 2.05) is 62.6 Å². The lowest BCUT2D eigenvalue weighted by molar-refractivity contribution is -0.113. The third-order valence-electron chi connectivity index (χ3n) is 4.67. The number of aryl methyl sites for hydroxylation is 4.